The number of benzene rings is 1. The molecular weight excluding hydrogens is 392 g/mol. The number of hydrogen-bond donors (Lipinski definition) is 0. The van der Waals surface area contributed by atoms with Crippen LogP contribution in [0.2, 0.25) is 0 Å². The van der Waals surface area contributed by atoms with Crippen molar-refractivity contribution in [2.75, 3.05) is 13.1 Å². The van der Waals surface area contributed by atoms with E-state index in [0.29, 0.717) is 35.8 Å². The van der Waals surface area contributed by atoms with Crippen LogP contribution in [0.1, 0.15) is 26.5 Å². The number of hydrogen-bond acceptors (Lipinski definition) is 5. The molecule has 154 valence electrons. The highest BCUT2D eigenvalue weighted by molar-refractivity contribution is 6.07. The molecule has 3 aromatic heterocycles. The third-order valence-corrected chi connectivity index (χ3v) is 5.33. The van der Waals surface area contributed by atoms with Gasteiger partial charge in [0.1, 0.15) is 5.69 Å². The molecule has 0 aliphatic carbocycles. The van der Waals surface area contributed by atoms with E-state index in [2.05, 4.69) is 15.1 Å². The average Bonchev–Trinajstić information content (AvgIpc) is 3.53. The summed E-state index contributed by atoms with van der Waals surface area (Å²) in [6.07, 6.45) is 9.14. The zero-order valence-electron chi connectivity index (χ0n) is 17.0. The second kappa shape index (κ2) is 7.64. The highest BCUT2D eigenvalue weighted by Crippen LogP contribution is 2.19. The topological polar surface area (TPSA) is 85.4 Å². The van der Waals surface area contributed by atoms with Crippen LogP contribution in [-0.2, 0) is 13.5 Å². The zero-order chi connectivity index (χ0) is 21.4. The molecule has 0 bridgehead atoms. The lowest BCUT2D eigenvalue weighted by Gasteiger charge is -2.15. The van der Waals surface area contributed by atoms with Gasteiger partial charge in [0, 0.05) is 38.1 Å². The van der Waals surface area contributed by atoms with Crippen LogP contribution in [0.15, 0.2) is 67.1 Å². The zero-order valence-corrected chi connectivity index (χ0v) is 17.0. The fourth-order valence-corrected chi connectivity index (χ4v) is 3.74. The Morgan fingerprint density at radius 2 is 1.81 bits per heavy atom. The molecule has 0 atom stereocenters. The molecule has 0 fully saturated rings. The number of imidazole rings is 1. The smallest absolute Gasteiger partial charge is 0.258 e. The Bertz CT molecular complexity index is 1310. The van der Waals surface area contributed by atoms with E-state index in [1.165, 1.54) is 10.9 Å². The highest BCUT2D eigenvalue weighted by Gasteiger charge is 2.26. The molecule has 1 aromatic carbocycles. The molecule has 1 aliphatic heterocycles. The van der Waals surface area contributed by atoms with Crippen molar-refractivity contribution in [3.8, 4) is 11.3 Å². The van der Waals surface area contributed by atoms with Gasteiger partial charge >= 0.3 is 0 Å². The van der Waals surface area contributed by atoms with Crippen LogP contribution >= 0.6 is 0 Å². The number of aromatic nitrogens is 5. The van der Waals surface area contributed by atoms with Gasteiger partial charge in [0.2, 0.25) is 5.78 Å². The quantitative estimate of drug-likeness (QED) is 0.372. The number of nitrogens with zero attached hydrogens (tertiary/aromatic N) is 6. The van der Waals surface area contributed by atoms with E-state index in [1.54, 1.807) is 18.0 Å². The summed E-state index contributed by atoms with van der Waals surface area (Å²) in [6, 6.07) is 11.7. The molecule has 8 heteroatoms. The van der Waals surface area contributed by atoms with Gasteiger partial charge in [0.05, 0.1) is 29.6 Å². The van der Waals surface area contributed by atoms with Crippen molar-refractivity contribution in [1.29, 1.82) is 0 Å². The van der Waals surface area contributed by atoms with Crippen LogP contribution in [0, 0.1) is 0 Å². The summed E-state index contributed by atoms with van der Waals surface area (Å²) in [7, 11) is 1.67. The second-order valence-electron chi connectivity index (χ2n) is 7.43. The predicted octanol–water partition coefficient (Wildman–Crippen LogP) is 2.57. The number of carbonyl (C=O) groups is 2. The number of Topliss-reactive ketones (excluding diaryl/α,β-unsaturated/α-hetero) is 1. The van der Waals surface area contributed by atoms with E-state index in [0.717, 1.165) is 11.3 Å². The first-order valence-electron chi connectivity index (χ1n) is 9.99. The molecule has 5 rings (SSSR count). The van der Waals surface area contributed by atoms with Crippen LogP contribution in [0.25, 0.3) is 17.0 Å². The van der Waals surface area contributed by atoms with Crippen molar-refractivity contribution < 1.29 is 9.59 Å². The van der Waals surface area contributed by atoms with Crippen LogP contribution in [0.5, 0.6) is 0 Å². The SMILES string of the molecule is Cn1ncc(C(=O)N2CC=CC2)c1C(=O)Cc1ccn2cc(-c3ccccc3)nc2n1. The summed E-state index contributed by atoms with van der Waals surface area (Å²) in [4.78, 5) is 36.7. The van der Waals surface area contributed by atoms with Crippen molar-refractivity contribution in [3.05, 3.63) is 84.1 Å². The van der Waals surface area contributed by atoms with Crippen LogP contribution in [0.4, 0.5) is 0 Å². The molecule has 0 N–H and O–H groups in total. The lowest BCUT2D eigenvalue weighted by molar-refractivity contribution is 0.0793. The molecule has 0 spiro atoms. The third-order valence-electron chi connectivity index (χ3n) is 5.33. The number of aryl methyl sites for hydroxylation is 1. The second-order valence-corrected chi connectivity index (χ2v) is 7.43. The molecule has 31 heavy (non-hydrogen) atoms. The van der Waals surface area contributed by atoms with Crippen LogP contribution in [0.3, 0.4) is 0 Å². The van der Waals surface area contributed by atoms with Gasteiger partial charge in [-0.1, -0.05) is 42.5 Å². The lowest BCUT2D eigenvalue weighted by atomic mass is 10.1. The lowest BCUT2D eigenvalue weighted by Crippen LogP contribution is -2.29. The maximum absolute atomic E-state index is 13.1. The van der Waals surface area contributed by atoms with Gasteiger partial charge in [-0.05, 0) is 6.07 Å². The van der Waals surface area contributed by atoms with Crippen molar-refractivity contribution in [2.24, 2.45) is 7.05 Å². The van der Waals surface area contributed by atoms with Gasteiger partial charge in [-0.15, -0.1) is 0 Å². The number of rotatable bonds is 5. The largest absolute Gasteiger partial charge is 0.331 e. The molecule has 0 saturated carbocycles. The minimum atomic E-state index is -0.206. The van der Waals surface area contributed by atoms with E-state index in [-0.39, 0.29) is 18.1 Å². The van der Waals surface area contributed by atoms with Crippen molar-refractivity contribution in [3.63, 3.8) is 0 Å². The van der Waals surface area contributed by atoms with Crippen molar-refractivity contribution in [1.82, 2.24) is 29.0 Å². The number of fused-ring (bicyclic) bond motifs is 1. The first-order chi connectivity index (χ1) is 15.1. The third kappa shape index (κ3) is 3.52. The van der Waals surface area contributed by atoms with E-state index in [9.17, 15) is 9.59 Å². The highest BCUT2D eigenvalue weighted by atomic mass is 16.2. The van der Waals surface area contributed by atoms with E-state index >= 15 is 0 Å². The summed E-state index contributed by atoms with van der Waals surface area (Å²) in [5.41, 5.74) is 3.02. The first kappa shape index (κ1) is 18.9. The van der Waals surface area contributed by atoms with Gasteiger partial charge in [-0.2, -0.15) is 5.10 Å². The van der Waals surface area contributed by atoms with Gasteiger partial charge in [-0.3, -0.25) is 18.7 Å². The minimum Gasteiger partial charge on any atom is -0.331 e. The summed E-state index contributed by atoms with van der Waals surface area (Å²) >= 11 is 0. The summed E-state index contributed by atoms with van der Waals surface area (Å²) in [5.74, 6) is 0.126. The minimum absolute atomic E-state index is 0.0576. The Hall–Kier alpha value is -4.07. The number of carbonyl (C=O) groups excluding carboxylic acids is 2. The molecule has 8 nitrogen and oxygen atoms in total. The molecule has 1 aliphatic rings. The Kier molecular flexibility index (Phi) is 4.66. The monoisotopic (exact) mass is 412 g/mol. The fraction of sp³-hybridized carbons (Fsp3) is 0.174. The Labute approximate surface area is 178 Å². The molecule has 0 unspecified atom stereocenters. The Balaban J connectivity index is 1.41. The molecule has 1 amide bonds. The summed E-state index contributed by atoms with van der Waals surface area (Å²) < 4.78 is 3.29. The molecule has 0 saturated heterocycles. The van der Waals surface area contributed by atoms with Crippen molar-refractivity contribution in [2.45, 2.75) is 6.42 Å². The maximum Gasteiger partial charge on any atom is 0.258 e. The standard InChI is InChI=1S/C23H20N6O2/c1-27-21(18(14-24-27)22(31)28-10-5-6-11-28)20(30)13-17-9-12-29-15-19(26-23(29)25-17)16-7-3-2-4-8-16/h2-9,12,14-15H,10-11,13H2,1H3. The molecule has 4 heterocycles. The van der Waals surface area contributed by atoms with Gasteiger partial charge in [0.25, 0.3) is 5.91 Å². The van der Waals surface area contributed by atoms with Gasteiger partial charge < -0.3 is 4.90 Å². The first-order valence-corrected chi connectivity index (χ1v) is 9.99. The molecular formula is C23H20N6O2. The van der Waals surface area contributed by atoms with Gasteiger partial charge in [-0.25, -0.2) is 9.97 Å². The fourth-order valence-electron chi connectivity index (χ4n) is 3.74. The van der Waals surface area contributed by atoms with E-state index in [1.807, 2.05) is 59.3 Å². The van der Waals surface area contributed by atoms with Crippen LogP contribution < -0.4 is 0 Å². The summed E-state index contributed by atoms with van der Waals surface area (Å²) in [6.45, 7) is 1.09. The number of ketones is 1. The maximum atomic E-state index is 13.1. The average molecular weight is 412 g/mol. The van der Waals surface area contributed by atoms with Gasteiger partial charge in [0.15, 0.2) is 5.78 Å². The Morgan fingerprint density at radius 3 is 2.58 bits per heavy atom. The summed E-state index contributed by atoms with van der Waals surface area (Å²) in [5, 5.41) is 4.15. The van der Waals surface area contributed by atoms with E-state index < -0.39 is 0 Å². The van der Waals surface area contributed by atoms with E-state index in [4.69, 9.17) is 0 Å². The normalized spacial score (nSPS) is 13.3. The van der Waals surface area contributed by atoms with Crippen molar-refractivity contribution >= 4 is 17.5 Å². The predicted molar refractivity (Wildman–Crippen MR) is 115 cm³/mol. The number of amides is 1. The Morgan fingerprint density at radius 1 is 1.03 bits per heavy atom. The molecule has 4 aromatic rings. The molecule has 0 radical (unpaired) electrons. The van der Waals surface area contributed by atoms with Crippen LogP contribution in [-0.4, -0.2) is 53.8 Å².